The molecule has 0 radical (unpaired) electrons. The number of anilines is 1. The van der Waals surface area contributed by atoms with Crippen LogP contribution in [0.2, 0.25) is 0 Å². The molecule has 37 heavy (non-hydrogen) atoms. The van der Waals surface area contributed by atoms with Gasteiger partial charge in [0, 0.05) is 38.5 Å². The molecule has 1 atom stereocenters. The summed E-state index contributed by atoms with van der Waals surface area (Å²) in [5.74, 6) is 1.52. The fourth-order valence-corrected chi connectivity index (χ4v) is 5.25. The van der Waals surface area contributed by atoms with Crippen molar-refractivity contribution in [2.24, 2.45) is 0 Å². The van der Waals surface area contributed by atoms with Gasteiger partial charge in [-0.15, -0.1) is 0 Å². The van der Waals surface area contributed by atoms with E-state index in [0.717, 1.165) is 56.8 Å². The van der Waals surface area contributed by atoms with Gasteiger partial charge >= 0.3 is 0 Å². The lowest BCUT2D eigenvalue weighted by atomic mass is 9.79. The number of nitrogens with zero attached hydrogens (tertiary/aromatic N) is 1. The highest BCUT2D eigenvalue weighted by Crippen LogP contribution is 2.40. The van der Waals surface area contributed by atoms with E-state index in [1.807, 2.05) is 12.1 Å². The van der Waals surface area contributed by atoms with Gasteiger partial charge in [0.25, 0.3) is 0 Å². The summed E-state index contributed by atoms with van der Waals surface area (Å²) >= 11 is 0. The van der Waals surface area contributed by atoms with Gasteiger partial charge in [-0.25, -0.2) is 0 Å². The summed E-state index contributed by atoms with van der Waals surface area (Å²) in [6.45, 7) is 3.85. The molecule has 0 heterocycles. The van der Waals surface area contributed by atoms with Crippen molar-refractivity contribution in [3.63, 3.8) is 0 Å². The van der Waals surface area contributed by atoms with Gasteiger partial charge < -0.3 is 29.9 Å². The molecule has 3 aromatic rings. The zero-order chi connectivity index (χ0) is 26.0. The number of aliphatic hydroxyl groups excluding tert-OH is 1. The molecule has 0 spiro atoms. The molecule has 0 fully saturated rings. The number of hydrogen-bond acceptors (Lipinski definition) is 6. The lowest BCUT2D eigenvalue weighted by molar-refractivity contribution is 0.199. The number of nitrogens with one attached hydrogen (secondary N) is 1. The molecule has 4 rings (SSSR count). The second-order valence-corrected chi connectivity index (χ2v) is 9.77. The fourth-order valence-electron chi connectivity index (χ4n) is 5.25. The van der Waals surface area contributed by atoms with Crippen LogP contribution in [0.4, 0.5) is 5.69 Å². The Labute approximate surface area is 220 Å². The van der Waals surface area contributed by atoms with E-state index in [0.29, 0.717) is 24.8 Å². The predicted molar refractivity (Wildman–Crippen MR) is 149 cm³/mol. The fraction of sp³-hybridized carbons (Fsp3) is 0.419. The Morgan fingerprint density at radius 3 is 2.51 bits per heavy atom. The number of methoxy groups -OCH3 is 2. The van der Waals surface area contributed by atoms with Crippen LogP contribution in [0, 0.1) is 0 Å². The molecule has 0 aliphatic heterocycles. The van der Waals surface area contributed by atoms with Crippen LogP contribution in [0.5, 0.6) is 11.5 Å². The summed E-state index contributed by atoms with van der Waals surface area (Å²) in [6, 6.07) is 20.9. The molecule has 0 saturated carbocycles. The molecular weight excluding hydrogens is 464 g/mol. The zero-order valence-corrected chi connectivity index (χ0v) is 22.1. The molecule has 0 saturated heterocycles. The largest absolute Gasteiger partial charge is 0.508 e. The van der Waals surface area contributed by atoms with E-state index >= 15 is 0 Å². The SMILES string of the molecule is COCCNCCc1ccc(CN(CCO)c2cc(OC)ccc2C2CCc3cc(O)ccc3C2)cc1. The van der Waals surface area contributed by atoms with Crippen LogP contribution in [-0.2, 0) is 30.5 Å². The summed E-state index contributed by atoms with van der Waals surface area (Å²) in [7, 11) is 3.41. The third kappa shape index (κ3) is 7.25. The van der Waals surface area contributed by atoms with Crippen LogP contribution in [0.1, 0.15) is 40.2 Å². The number of rotatable bonds is 13. The third-order valence-corrected chi connectivity index (χ3v) is 7.28. The topological polar surface area (TPSA) is 74.2 Å². The van der Waals surface area contributed by atoms with Gasteiger partial charge in [0.2, 0.25) is 0 Å². The summed E-state index contributed by atoms with van der Waals surface area (Å²) in [5, 5.41) is 23.2. The first-order valence-corrected chi connectivity index (χ1v) is 13.2. The Morgan fingerprint density at radius 2 is 1.76 bits per heavy atom. The predicted octanol–water partition coefficient (Wildman–Crippen LogP) is 4.45. The molecule has 1 unspecified atom stereocenters. The molecule has 3 aromatic carbocycles. The lowest BCUT2D eigenvalue weighted by Gasteiger charge is -2.32. The highest BCUT2D eigenvalue weighted by Gasteiger charge is 2.25. The maximum absolute atomic E-state index is 9.95. The highest BCUT2D eigenvalue weighted by molar-refractivity contribution is 5.60. The van der Waals surface area contributed by atoms with Gasteiger partial charge in [0.05, 0.1) is 20.3 Å². The van der Waals surface area contributed by atoms with Crippen LogP contribution in [0.25, 0.3) is 0 Å². The van der Waals surface area contributed by atoms with Crippen molar-refractivity contribution >= 4 is 5.69 Å². The maximum atomic E-state index is 9.95. The summed E-state index contributed by atoms with van der Waals surface area (Å²) in [5.41, 5.74) is 7.46. The summed E-state index contributed by atoms with van der Waals surface area (Å²) < 4.78 is 10.7. The third-order valence-electron chi connectivity index (χ3n) is 7.28. The van der Waals surface area contributed by atoms with E-state index in [9.17, 15) is 10.2 Å². The Bertz CT molecular complexity index is 1130. The van der Waals surface area contributed by atoms with E-state index in [1.54, 1.807) is 20.3 Å². The van der Waals surface area contributed by atoms with Crippen molar-refractivity contribution < 1.29 is 19.7 Å². The van der Waals surface area contributed by atoms with Crippen LogP contribution in [0.3, 0.4) is 0 Å². The van der Waals surface area contributed by atoms with Crippen molar-refractivity contribution in [3.05, 3.63) is 88.5 Å². The number of fused-ring (bicyclic) bond motifs is 1. The summed E-state index contributed by atoms with van der Waals surface area (Å²) in [6.07, 6.45) is 3.89. The van der Waals surface area contributed by atoms with Crippen LogP contribution in [0.15, 0.2) is 60.7 Å². The van der Waals surface area contributed by atoms with Crippen molar-refractivity contribution in [2.45, 2.75) is 38.1 Å². The van der Waals surface area contributed by atoms with E-state index in [2.05, 4.69) is 52.7 Å². The molecule has 1 aliphatic carbocycles. The molecule has 0 bridgehead atoms. The van der Waals surface area contributed by atoms with Crippen molar-refractivity contribution in [1.29, 1.82) is 0 Å². The van der Waals surface area contributed by atoms with Gasteiger partial charge in [0.15, 0.2) is 0 Å². The minimum atomic E-state index is 0.0780. The number of ether oxygens (including phenoxy) is 2. The normalized spacial score (nSPS) is 14.8. The average Bonchev–Trinajstić information content (AvgIpc) is 2.93. The minimum Gasteiger partial charge on any atom is -0.508 e. The van der Waals surface area contributed by atoms with Gasteiger partial charge in [-0.2, -0.15) is 0 Å². The Balaban J connectivity index is 1.52. The van der Waals surface area contributed by atoms with E-state index < -0.39 is 0 Å². The number of benzene rings is 3. The van der Waals surface area contributed by atoms with Crippen molar-refractivity contribution in [2.75, 3.05) is 52.0 Å². The molecule has 1 aliphatic rings. The number of phenols is 1. The number of aryl methyl sites for hydroxylation is 1. The molecular formula is C31H40N2O4. The van der Waals surface area contributed by atoms with Crippen LogP contribution in [-0.4, -0.2) is 57.3 Å². The molecule has 3 N–H and O–H groups in total. The van der Waals surface area contributed by atoms with Gasteiger partial charge in [-0.3, -0.25) is 0 Å². The first-order valence-electron chi connectivity index (χ1n) is 13.2. The number of aromatic hydroxyl groups is 1. The Morgan fingerprint density at radius 1 is 0.946 bits per heavy atom. The standard InChI is InChI=1S/C31H40N2O4/c1-36-18-15-32-14-13-23-3-5-24(6-4-23)22-33(16-17-34)31-21-29(37-2)11-12-30(31)27-8-7-26-20-28(35)10-9-25(26)19-27/h3-6,9-12,20-21,27,32,34-35H,7-8,13-19,22H2,1-2H3. The summed E-state index contributed by atoms with van der Waals surface area (Å²) in [4.78, 5) is 2.27. The quantitative estimate of drug-likeness (QED) is 0.299. The highest BCUT2D eigenvalue weighted by atomic mass is 16.5. The first-order chi connectivity index (χ1) is 18.1. The van der Waals surface area contributed by atoms with Crippen LogP contribution >= 0.6 is 0 Å². The molecule has 6 nitrogen and oxygen atoms in total. The minimum absolute atomic E-state index is 0.0780. The number of phenolic OH excluding ortho intramolecular Hbond substituents is 1. The van der Waals surface area contributed by atoms with E-state index in [-0.39, 0.29) is 6.61 Å². The molecule has 0 amide bonds. The molecule has 6 heteroatoms. The Kier molecular flexibility index (Phi) is 9.83. The van der Waals surface area contributed by atoms with Crippen LogP contribution < -0.4 is 15.0 Å². The van der Waals surface area contributed by atoms with Crippen molar-refractivity contribution in [3.8, 4) is 11.5 Å². The van der Waals surface area contributed by atoms with E-state index in [4.69, 9.17) is 9.47 Å². The average molecular weight is 505 g/mol. The van der Waals surface area contributed by atoms with Crippen molar-refractivity contribution in [1.82, 2.24) is 5.32 Å². The lowest BCUT2D eigenvalue weighted by Crippen LogP contribution is -2.28. The van der Waals surface area contributed by atoms with Gasteiger partial charge in [0.1, 0.15) is 11.5 Å². The number of hydrogen-bond donors (Lipinski definition) is 3. The second kappa shape index (κ2) is 13.5. The van der Waals surface area contributed by atoms with E-state index in [1.165, 1.54) is 27.8 Å². The smallest absolute Gasteiger partial charge is 0.120 e. The zero-order valence-electron chi connectivity index (χ0n) is 22.1. The monoisotopic (exact) mass is 504 g/mol. The maximum Gasteiger partial charge on any atom is 0.120 e. The van der Waals surface area contributed by atoms with Gasteiger partial charge in [-0.1, -0.05) is 36.4 Å². The first kappa shape index (κ1) is 27.0. The Hall–Kier alpha value is -3.06. The molecule has 198 valence electrons. The van der Waals surface area contributed by atoms with Gasteiger partial charge in [-0.05, 0) is 84.2 Å². The molecule has 0 aromatic heterocycles. The second-order valence-electron chi connectivity index (χ2n) is 9.77. The number of aliphatic hydroxyl groups is 1.